The lowest BCUT2D eigenvalue weighted by Crippen LogP contribution is -2.49. The van der Waals surface area contributed by atoms with Crippen molar-refractivity contribution in [2.45, 2.75) is 19.3 Å². The van der Waals surface area contributed by atoms with Crippen molar-refractivity contribution < 1.29 is 0 Å². The van der Waals surface area contributed by atoms with Crippen LogP contribution in [0.25, 0.3) is 0 Å². The summed E-state index contributed by atoms with van der Waals surface area (Å²) in [7, 11) is 0. The summed E-state index contributed by atoms with van der Waals surface area (Å²) in [6.07, 6.45) is 3.98. The van der Waals surface area contributed by atoms with E-state index in [4.69, 9.17) is 17.3 Å². The molecular weight excluding hydrogens is 449 g/mol. The molecule has 0 atom stereocenters. The Bertz CT molecular complexity index is 556. The van der Waals surface area contributed by atoms with Crippen molar-refractivity contribution in [1.82, 2.24) is 10.2 Å². The van der Waals surface area contributed by atoms with E-state index < -0.39 is 0 Å². The predicted octanol–water partition coefficient (Wildman–Crippen LogP) is 2.78. The third-order valence-corrected chi connectivity index (χ3v) is 5.26. The summed E-state index contributed by atoms with van der Waals surface area (Å²) in [5.41, 5.74) is 7.14. The second-order valence-electron chi connectivity index (χ2n) is 6.76. The second kappa shape index (κ2) is 10.4. The lowest BCUT2D eigenvalue weighted by atomic mass is 9.86. The molecule has 0 spiro atoms. The van der Waals surface area contributed by atoms with Gasteiger partial charge in [0.2, 0.25) is 0 Å². The van der Waals surface area contributed by atoms with Crippen LogP contribution in [0.3, 0.4) is 0 Å². The Kier molecular flexibility index (Phi) is 8.58. The van der Waals surface area contributed by atoms with Crippen LogP contribution in [0, 0.1) is 5.92 Å². The zero-order chi connectivity index (χ0) is 16.8. The van der Waals surface area contributed by atoms with Gasteiger partial charge in [0.15, 0.2) is 5.96 Å². The molecule has 1 heterocycles. The molecule has 3 rings (SSSR count). The highest BCUT2D eigenvalue weighted by Gasteiger charge is 2.18. The van der Waals surface area contributed by atoms with Crippen LogP contribution < -0.4 is 16.0 Å². The first kappa shape index (κ1) is 20.6. The number of halogens is 2. The van der Waals surface area contributed by atoms with Crippen LogP contribution >= 0.6 is 35.6 Å². The molecule has 1 saturated heterocycles. The zero-order valence-corrected chi connectivity index (χ0v) is 17.7. The molecule has 2 aliphatic rings. The molecule has 0 amide bonds. The summed E-state index contributed by atoms with van der Waals surface area (Å²) < 4.78 is 0. The molecule has 3 N–H and O–H groups in total. The van der Waals surface area contributed by atoms with Crippen molar-refractivity contribution in [1.29, 1.82) is 0 Å². The van der Waals surface area contributed by atoms with E-state index in [2.05, 4.69) is 26.2 Å². The van der Waals surface area contributed by atoms with Gasteiger partial charge in [0, 0.05) is 56.5 Å². The Morgan fingerprint density at radius 2 is 2.00 bits per heavy atom. The molecule has 25 heavy (non-hydrogen) atoms. The number of benzene rings is 1. The Morgan fingerprint density at radius 3 is 2.64 bits per heavy atom. The minimum Gasteiger partial charge on any atom is -0.370 e. The van der Waals surface area contributed by atoms with Gasteiger partial charge in [-0.3, -0.25) is 9.89 Å². The van der Waals surface area contributed by atoms with E-state index in [-0.39, 0.29) is 24.0 Å². The number of rotatable bonds is 6. The molecule has 2 fully saturated rings. The van der Waals surface area contributed by atoms with Crippen molar-refractivity contribution in [2.24, 2.45) is 16.6 Å². The highest BCUT2D eigenvalue weighted by molar-refractivity contribution is 14.0. The highest BCUT2D eigenvalue weighted by atomic mass is 127. The number of anilines is 1. The van der Waals surface area contributed by atoms with E-state index in [1.54, 1.807) is 0 Å². The van der Waals surface area contributed by atoms with Gasteiger partial charge in [-0.05, 0) is 37.0 Å². The maximum Gasteiger partial charge on any atom is 0.188 e. The maximum atomic E-state index is 6.08. The van der Waals surface area contributed by atoms with Crippen molar-refractivity contribution >= 4 is 47.2 Å². The van der Waals surface area contributed by atoms with Gasteiger partial charge >= 0.3 is 0 Å². The molecule has 140 valence electrons. The fraction of sp³-hybridized carbons (Fsp3) is 0.611. The van der Waals surface area contributed by atoms with Gasteiger partial charge in [-0.1, -0.05) is 24.1 Å². The molecule has 1 aromatic rings. The monoisotopic (exact) mass is 477 g/mol. The number of hydrogen-bond acceptors (Lipinski definition) is 3. The van der Waals surface area contributed by atoms with Crippen LogP contribution in [-0.4, -0.2) is 56.7 Å². The topological polar surface area (TPSA) is 56.9 Å². The summed E-state index contributed by atoms with van der Waals surface area (Å²) in [5, 5.41) is 4.04. The Morgan fingerprint density at radius 1 is 1.24 bits per heavy atom. The fourth-order valence-electron chi connectivity index (χ4n) is 3.20. The normalized spacial score (nSPS) is 19.2. The smallest absolute Gasteiger partial charge is 0.188 e. The summed E-state index contributed by atoms with van der Waals surface area (Å²) in [4.78, 5) is 9.29. The van der Waals surface area contributed by atoms with Crippen LogP contribution in [0.1, 0.15) is 19.3 Å². The Hall–Kier alpha value is -0.730. The van der Waals surface area contributed by atoms with Gasteiger partial charge in [0.05, 0.1) is 0 Å². The van der Waals surface area contributed by atoms with Crippen molar-refractivity contribution in [3.63, 3.8) is 0 Å². The molecule has 1 aromatic carbocycles. The van der Waals surface area contributed by atoms with Crippen molar-refractivity contribution in [3.05, 3.63) is 29.3 Å². The Labute approximate surface area is 173 Å². The molecule has 0 bridgehead atoms. The van der Waals surface area contributed by atoms with Crippen LogP contribution in [0.15, 0.2) is 29.3 Å². The van der Waals surface area contributed by atoms with Crippen molar-refractivity contribution in [3.8, 4) is 0 Å². The van der Waals surface area contributed by atoms with Crippen LogP contribution in [0.2, 0.25) is 5.02 Å². The van der Waals surface area contributed by atoms with Crippen molar-refractivity contribution in [2.75, 3.05) is 50.7 Å². The largest absolute Gasteiger partial charge is 0.370 e. The minimum absolute atomic E-state index is 0. The van der Waals surface area contributed by atoms with Gasteiger partial charge in [-0.25, -0.2) is 0 Å². The molecule has 5 nitrogen and oxygen atoms in total. The molecule has 0 radical (unpaired) electrons. The second-order valence-corrected chi connectivity index (χ2v) is 7.19. The number of hydrogen-bond donors (Lipinski definition) is 2. The minimum atomic E-state index is 0. The lowest BCUT2D eigenvalue weighted by molar-refractivity contribution is 0.261. The molecular formula is C18H29ClIN5. The maximum absolute atomic E-state index is 6.08. The van der Waals surface area contributed by atoms with Gasteiger partial charge in [0.25, 0.3) is 0 Å². The van der Waals surface area contributed by atoms with Gasteiger partial charge in [-0.2, -0.15) is 0 Å². The van der Waals surface area contributed by atoms with E-state index >= 15 is 0 Å². The third-order valence-electron chi connectivity index (χ3n) is 5.02. The lowest BCUT2D eigenvalue weighted by Gasteiger charge is -2.36. The van der Waals surface area contributed by atoms with E-state index in [1.807, 2.05) is 18.2 Å². The van der Waals surface area contributed by atoms with Gasteiger partial charge in [0.1, 0.15) is 0 Å². The van der Waals surface area contributed by atoms with E-state index in [0.717, 1.165) is 56.8 Å². The molecule has 0 unspecified atom stereocenters. The van der Waals surface area contributed by atoms with Gasteiger partial charge in [-0.15, -0.1) is 24.0 Å². The fourth-order valence-corrected chi connectivity index (χ4v) is 3.39. The number of nitrogens with two attached hydrogens (primary N) is 1. The molecule has 1 aliphatic heterocycles. The number of aliphatic imine (C=N–C) groups is 1. The quantitative estimate of drug-likeness (QED) is 0.376. The van der Waals surface area contributed by atoms with E-state index in [0.29, 0.717) is 5.96 Å². The molecule has 0 aromatic heterocycles. The number of guanidine groups is 1. The Balaban J connectivity index is 0.00000225. The zero-order valence-electron chi connectivity index (χ0n) is 14.7. The average molecular weight is 478 g/mol. The highest BCUT2D eigenvalue weighted by Crippen LogP contribution is 2.26. The van der Waals surface area contributed by atoms with Crippen LogP contribution in [-0.2, 0) is 0 Å². The summed E-state index contributed by atoms with van der Waals surface area (Å²) >= 11 is 6.08. The molecule has 1 saturated carbocycles. The molecule has 1 aliphatic carbocycles. The van der Waals surface area contributed by atoms with Crippen LogP contribution in [0.5, 0.6) is 0 Å². The standard InChI is InChI=1S/C18H28ClN5.HI/c19-16-5-2-6-17(13-16)24-11-9-23(10-12-24)8-7-21-18(20)22-14-15-3-1-4-15;/h2,5-6,13,15H,1,3-4,7-12,14H2,(H3,20,21,22);1H. The van der Waals surface area contributed by atoms with Crippen LogP contribution in [0.4, 0.5) is 5.69 Å². The number of nitrogens with one attached hydrogen (secondary N) is 1. The predicted molar refractivity (Wildman–Crippen MR) is 117 cm³/mol. The number of piperazine rings is 1. The SMILES string of the molecule is I.NC(=NCC1CCC1)NCCN1CCN(c2cccc(Cl)c2)CC1. The first-order chi connectivity index (χ1) is 11.7. The average Bonchev–Trinajstić information content (AvgIpc) is 2.54. The first-order valence-corrected chi connectivity index (χ1v) is 9.35. The summed E-state index contributed by atoms with van der Waals surface area (Å²) in [6.45, 7) is 6.94. The third kappa shape index (κ3) is 6.49. The number of nitrogens with zero attached hydrogens (tertiary/aromatic N) is 3. The van der Waals surface area contributed by atoms with Gasteiger partial charge < -0.3 is 16.0 Å². The summed E-state index contributed by atoms with van der Waals surface area (Å²) in [5.74, 6) is 1.37. The first-order valence-electron chi connectivity index (χ1n) is 8.97. The van der Waals surface area contributed by atoms with E-state index in [9.17, 15) is 0 Å². The molecule has 7 heteroatoms. The van der Waals surface area contributed by atoms with E-state index in [1.165, 1.54) is 24.9 Å². The summed E-state index contributed by atoms with van der Waals surface area (Å²) in [6, 6.07) is 8.10.